The van der Waals surface area contributed by atoms with Crippen molar-refractivity contribution in [2.45, 2.75) is 49.3 Å². The van der Waals surface area contributed by atoms with Crippen molar-refractivity contribution < 1.29 is 13.2 Å². The monoisotopic (exact) mass is 471 g/mol. The molecule has 2 atom stereocenters. The highest BCUT2D eigenvalue weighted by Gasteiger charge is 2.30. The van der Waals surface area contributed by atoms with Crippen LogP contribution in [0.5, 0.6) is 0 Å². The molecule has 1 aromatic carbocycles. The van der Waals surface area contributed by atoms with Crippen LogP contribution < -0.4 is 16.6 Å². The Morgan fingerprint density at radius 3 is 2.61 bits per heavy atom. The quantitative estimate of drug-likeness (QED) is 0.448. The van der Waals surface area contributed by atoms with Gasteiger partial charge in [-0.15, -0.1) is 0 Å². The minimum atomic E-state index is -3.50. The molecule has 2 heterocycles. The van der Waals surface area contributed by atoms with Gasteiger partial charge in [-0.1, -0.05) is 0 Å². The molecule has 2 aromatic rings. The Bertz CT molecular complexity index is 1220. The number of aromatic amines is 1. The first-order valence-corrected chi connectivity index (χ1v) is 12.2. The Morgan fingerprint density at radius 1 is 1.27 bits per heavy atom. The Hall–Kier alpha value is -3.16. The van der Waals surface area contributed by atoms with E-state index in [0.717, 1.165) is 6.42 Å². The molecule has 176 valence electrons. The molecular formula is C23H29N5O4S. The van der Waals surface area contributed by atoms with Gasteiger partial charge < -0.3 is 20.8 Å². The van der Waals surface area contributed by atoms with Crippen molar-refractivity contribution in [3.63, 3.8) is 0 Å². The van der Waals surface area contributed by atoms with E-state index in [-0.39, 0.29) is 28.3 Å². The summed E-state index contributed by atoms with van der Waals surface area (Å²) in [6.07, 6.45) is 2.98. The molecule has 1 aliphatic heterocycles. The van der Waals surface area contributed by atoms with E-state index in [4.69, 9.17) is 10.5 Å². The number of aliphatic imine (C=N–C) groups is 1. The van der Waals surface area contributed by atoms with E-state index in [0.29, 0.717) is 31.0 Å². The van der Waals surface area contributed by atoms with Crippen molar-refractivity contribution in [3.05, 3.63) is 52.4 Å². The third-order valence-corrected chi connectivity index (χ3v) is 8.02. The van der Waals surface area contributed by atoms with Crippen molar-refractivity contribution in [2.75, 3.05) is 18.5 Å². The number of benzene rings is 1. The van der Waals surface area contributed by atoms with E-state index in [1.165, 1.54) is 18.3 Å². The van der Waals surface area contributed by atoms with Gasteiger partial charge in [0.1, 0.15) is 11.4 Å². The van der Waals surface area contributed by atoms with Crippen LogP contribution in [0.15, 0.2) is 51.2 Å². The Kier molecular flexibility index (Phi) is 7.25. The molecule has 0 radical (unpaired) electrons. The number of nitrogens with zero attached hydrogens (tertiary/aromatic N) is 2. The highest BCUT2D eigenvalue weighted by atomic mass is 32.2. The number of nitrogens with one attached hydrogen (secondary N) is 2. The molecule has 1 aromatic heterocycles. The van der Waals surface area contributed by atoms with Gasteiger partial charge in [0, 0.05) is 12.8 Å². The second-order valence-corrected chi connectivity index (χ2v) is 11.6. The van der Waals surface area contributed by atoms with Crippen molar-refractivity contribution in [1.29, 1.82) is 5.26 Å². The van der Waals surface area contributed by atoms with Gasteiger partial charge in [-0.25, -0.2) is 13.4 Å². The predicted molar refractivity (Wildman–Crippen MR) is 127 cm³/mol. The summed E-state index contributed by atoms with van der Waals surface area (Å²) in [5.74, 6) is -0.302. The van der Waals surface area contributed by atoms with Gasteiger partial charge in [0.2, 0.25) is 0 Å². The summed E-state index contributed by atoms with van der Waals surface area (Å²) in [4.78, 5) is 19.7. The summed E-state index contributed by atoms with van der Waals surface area (Å²) in [5.41, 5.74) is 6.76. The standard InChI is InChI=1S/C23H29N5O4S/c1-23(2,3)33(30,31)17-8-6-16(7-9-17)27-21(25)20-18(10-11-26-22(20)29)28-19-14-32-12-4-5-15(19)13-24/h6-11,15,19H,4-5,12,14H2,1-3H3,(H2,25,27)(H2,26,28,29)/t15-,19-/m0/s1. The molecule has 0 saturated carbocycles. The topological polar surface area (TPSA) is 150 Å². The van der Waals surface area contributed by atoms with Crippen molar-refractivity contribution >= 4 is 27.0 Å². The van der Waals surface area contributed by atoms with E-state index in [2.05, 4.69) is 21.4 Å². The second kappa shape index (κ2) is 9.77. The fourth-order valence-corrected chi connectivity index (χ4v) is 4.73. The molecule has 1 saturated heterocycles. The molecule has 1 fully saturated rings. The third kappa shape index (κ3) is 5.43. The smallest absolute Gasteiger partial charge is 0.261 e. The van der Waals surface area contributed by atoms with Gasteiger partial charge in [-0.2, -0.15) is 5.26 Å². The summed E-state index contributed by atoms with van der Waals surface area (Å²) in [6, 6.07) is 9.70. The first-order chi connectivity index (χ1) is 15.5. The van der Waals surface area contributed by atoms with Crippen molar-refractivity contribution in [1.82, 2.24) is 4.98 Å². The largest absolute Gasteiger partial charge is 0.383 e. The Balaban J connectivity index is 1.92. The molecule has 0 unspecified atom stereocenters. The summed E-state index contributed by atoms with van der Waals surface area (Å²) >= 11 is 0. The minimum absolute atomic E-state index is 0.0335. The molecule has 0 aliphatic carbocycles. The molecule has 1 aliphatic rings. The zero-order valence-electron chi connectivity index (χ0n) is 19.0. The van der Waals surface area contributed by atoms with Crippen LogP contribution in [0.1, 0.15) is 39.2 Å². The average molecular weight is 472 g/mol. The maximum Gasteiger partial charge on any atom is 0.261 e. The number of anilines is 1. The molecule has 0 amide bonds. The third-order valence-electron chi connectivity index (χ3n) is 5.51. The lowest BCUT2D eigenvalue weighted by molar-refractivity contribution is 0.136. The number of aromatic nitrogens is 1. The number of ether oxygens (including phenoxy) is 1. The SMILES string of the molecule is CC(C)(C)S(=O)(=O)c1ccc(N=C(N)c2c(N[C@H]3COCCC[C@H]3C#N)cc[nH]c2=O)cc1. The number of sulfone groups is 1. The fraction of sp³-hybridized carbons (Fsp3) is 0.435. The lowest BCUT2D eigenvalue weighted by Gasteiger charge is -2.22. The highest BCUT2D eigenvalue weighted by molar-refractivity contribution is 7.92. The van der Waals surface area contributed by atoms with Crippen molar-refractivity contribution in [2.24, 2.45) is 16.6 Å². The lowest BCUT2D eigenvalue weighted by Crippen LogP contribution is -2.34. The second-order valence-electron chi connectivity index (χ2n) is 8.91. The van der Waals surface area contributed by atoms with Crippen LogP contribution in [0.2, 0.25) is 0 Å². The normalized spacial score (nSPS) is 20.0. The summed E-state index contributed by atoms with van der Waals surface area (Å²) in [6.45, 7) is 5.84. The first-order valence-electron chi connectivity index (χ1n) is 10.7. The van der Waals surface area contributed by atoms with Gasteiger partial charge >= 0.3 is 0 Å². The number of H-pyrrole nitrogens is 1. The number of rotatable bonds is 5. The molecule has 0 bridgehead atoms. The van der Waals surface area contributed by atoms with Crippen LogP contribution in [-0.2, 0) is 14.6 Å². The minimum Gasteiger partial charge on any atom is -0.383 e. The summed E-state index contributed by atoms with van der Waals surface area (Å²) in [7, 11) is -3.50. The van der Waals surface area contributed by atoms with Crippen LogP contribution in [0.3, 0.4) is 0 Å². The van der Waals surface area contributed by atoms with Gasteiger partial charge in [0.05, 0.1) is 45.7 Å². The van der Waals surface area contributed by atoms with Crippen LogP contribution >= 0.6 is 0 Å². The molecular weight excluding hydrogens is 442 g/mol. The molecule has 9 nitrogen and oxygen atoms in total. The van der Waals surface area contributed by atoms with E-state index < -0.39 is 20.1 Å². The number of hydrogen-bond acceptors (Lipinski definition) is 7. The zero-order valence-corrected chi connectivity index (χ0v) is 19.8. The molecule has 4 N–H and O–H groups in total. The maximum atomic E-state index is 12.6. The maximum absolute atomic E-state index is 12.6. The van der Waals surface area contributed by atoms with Crippen molar-refractivity contribution in [3.8, 4) is 6.07 Å². The van der Waals surface area contributed by atoms with Gasteiger partial charge in [-0.05, 0) is 63.9 Å². The fourth-order valence-electron chi connectivity index (χ4n) is 3.53. The summed E-state index contributed by atoms with van der Waals surface area (Å²) < 4.78 is 29.9. The van der Waals surface area contributed by atoms with E-state index in [9.17, 15) is 18.5 Å². The van der Waals surface area contributed by atoms with Gasteiger partial charge in [-0.3, -0.25) is 4.79 Å². The van der Waals surface area contributed by atoms with Crippen LogP contribution in [-0.4, -0.2) is 43.2 Å². The van der Waals surface area contributed by atoms with E-state index in [1.807, 2.05) is 0 Å². The first kappa shape index (κ1) is 24.5. The molecule has 0 spiro atoms. The van der Waals surface area contributed by atoms with Crippen LogP contribution in [0, 0.1) is 17.2 Å². The average Bonchev–Trinajstić information content (AvgIpc) is 2.98. The predicted octanol–water partition coefficient (Wildman–Crippen LogP) is 2.71. The Morgan fingerprint density at radius 2 is 1.97 bits per heavy atom. The summed E-state index contributed by atoms with van der Waals surface area (Å²) in [5, 5.41) is 12.8. The van der Waals surface area contributed by atoms with Crippen LogP contribution in [0.25, 0.3) is 0 Å². The van der Waals surface area contributed by atoms with E-state index in [1.54, 1.807) is 39.0 Å². The number of nitriles is 1. The zero-order chi connectivity index (χ0) is 24.2. The molecule has 33 heavy (non-hydrogen) atoms. The number of hydrogen-bond donors (Lipinski definition) is 3. The highest BCUT2D eigenvalue weighted by Crippen LogP contribution is 2.27. The van der Waals surface area contributed by atoms with Crippen LogP contribution in [0.4, 0.5) is 11.4 Å². The van der Waals surface area contributed by atoms with Gasteiger partial charge in [0.15, 0.2) is 9.84 Å². The molecule has 10 heteroatoms. The number of nitrogens with two attached hydrogens (primary N) is 1. The lowest BCUT2D eigenvalue weighted by atomic mass is 9.97. The Labute approximate surface area is 193 Å². The van der Waals surface area contributed by atoms with E-state index >= 15 is 0 Å². The number of pyridine rings is 1. The molecule has 3 rings (SSSR count). The number of amidine groups is 1. The van der Waals surface area contributed by atoms with Gasteiger partial charge in [0.25, 0.3) is 5.56 Å².